The second-order valence-corrected chi connectivity index (χ2v) is 12.2. The average Bonchev–Trinajstić information content (AvgIpc) is 2.95. The van der Waals surface area contributed by atoms with Gasteiger partial charge in [-0.3, -0.25) is 9.59 Å². The maximum atomic E-state index is 11.7. The highest BCUT2D eigenvalue weighted by molar-refractivity contribution is 5.67. The van der Waals surface area contributed by atoms with Gasteiger partial charge in [-0.25, -0.2) is 0 Å². The maximum Gasteiger partial charge on any atom is 0.303 e. The Morgan fingerprint density at radius 3 is 1.07 bits per heavy atom. The molecule has 4 heteroatoms. The first-order valence-corrected chi connectivity index (χ1v) is 14.5. The van der Waals surface area contributed by atoms with Gasteiger partial charge in [0.05, 0.1) is 0 Å². The summed E-state index contributed by atoms with van der Waals surface area (Å²) in [4.78, 5) is 23.4. The van der Waals surface area contributed by atoms with Gasteiger partial charge in [0.15, 0.2) is 0 Å². The number of hydrogen-bond donors (Lipinski definition) is 2. The molecular formula is C36H46O4. The zero-order chi connectivity index (χ0) is 29.6. The van der Waals surface area contributed by atoms with E-state index in [-0.39, 0.29) is 34.5 Å². The summed E-state index contributed by atoms with van der Waals surface area (Å²) >= 11 is 0. The molecule has 0 aliphatic carbocycles. The molecule has 2 N–H and O–H groups in total. The summed E-state index contributed by atoms with van der Waals surface area (Å²) in [5.41, 5.74) is 3.25. The van der Waals surface area contributed by atoms with E-state index < -0.39 is 11.9 Å². The quantitative estimate of drug-likeness (QED) is 0.214. The van der Waals surface area contributed by atoms with E-state index in [1.807, 2.05) is 36.4 Å². The molecule has 0 amide bonds. The number of carboxylic acid groups (broad SMARTS) is 2. The molecule has 3 aromatic carbocycles. The van der Waals surface area contributed by atoms with Gasteiger partial charge in [-0.05, 0) is 58.8 Å². The summed E-state index contributed by atoms with van der Waals surface area (Å²) in [5, 5.41) is 19.2. The van der Waals surface area contributed by atoms with Crippen LogP contribution in [0.15, 0.2) is 84.9 Å². The fraction of sp³-hybridized carbons (Fsp3) is 0.444. The summed E-state index contributed by atoms with van der Waals surface area (Å²) in [6.07, 6.45) is 2.93. The fourth-order valence-electron chi connectivity index (χ4n) is 7.29. The smallest absolute Gasteiger partial charge is 0.303 e. The lowest BCUT2D eigenvalue weighted by atomic mass is 9.54. The van der Waals surface area contributed by atoms with E-state index in [0.717, 1.165) is 35.1 Å². The Bertz CT molecular complexity index is 1160. The molecule has 2 atom stereocenters. The lowest BCUT2D eigenvalue weighted by Gasteiger charge is -2.49. The summed E-state index contributed by atoms with van der Waals surface area (Å²) in [7, 11) is 0. The van der Waals surface area contributed by atoms with Crippen LogP contribution < -0.4 is 0 Å². The second-order valence-electron chi connectivity index (χ2n) is 12.2. The van der Waals surface area contributed by atoms with Crippen molar-refractivity contribution in [1.82, 2.24) is 0 Å². The zero-order valence-corrected chi connectivity index (χ0v) is 25.0. The number of benzene rings is 3. The van der Waals surface area contributed by atoms with Gasteiger partial charge < -0.3 is 10.2 Å². The van der Waals surface area contributed by atoms with Crippen molar-refractivity contribution in [3.05, 3.63) is 107 Å². The third-order valence-corrected chi connectivity index (χ3v) is 10.1. The molecular weight excluding hydrogens is 496 g/mol. The van der Waals surface area contributed by atoms with Crippen molar-refractivity contribution >= 4 is 11.9 Å². The lowest BCUT2D eigenvalue weighted by molar-refractivity contribution is -0.138. The van der Waals surface area contributed by atoms with Crippen molar-refractivity contribution < 1.29 is 19.8 Å². The van der Waals surface area contributed by atoms with Crippen LogP contribution >= 0.6 is 0 Å². The Balaban J connectivity index is 2.11. The summed E-state index contributed by atoms with van der Waals surface area (Å²) in [6, 6.07) is 29.5. The van der Waals surface area contributed by atoms with Crippen LogP contribution in [0.4, 0.5) is 0 Å². The van der Waals surface area contributed by atoms with E-state index in [4.69, 9.17) is 0 Å². The van der Waals surface area contributed by atoms with E-state index in [0.29, 0.717) is 12.8 Å². The predicted molar refractivity (Wildman–Crippen MR) is 163 cm³/mol. The Labute approximate surface area is 240 Å². The first-order valence-electron chi connectivity index (χ1n) is 14.5. The molecule has 0 spiro atoms. The van der Waals surface area contributed by atoms with Crippen LogP contribution in [0.25, 0.3) is 0 Å². The van der Waals surface area contributed by atoms with Crippen LogP contribution in [0.5, 0.6) is 0 Å². The Morgan fingerprint density at radius 2 is 0.825 bits per heavy atom. The number of aliphatic carboxylic acids is 2. The SMILES string of the molecule is CCC(CCC(=O)O)(c1ccccc1)C(C)(C)c1ccc(C(C)(C)C(CC)(CCC(=O)O)c2ccccc2)cc1. The molecule has 0 fully saturated rings. The summed E-state index contributed by atoms with van der Waals surface area (Å²) in [5.74, 6) is -1.56. The molecule has 0 saturated heterocycles. The molecule has 4 nitrogen and oxygen atoms in total. The molecule has 214 valence electrons. The fourth-order valence-corrected chi connectivity index (χ4v) is 7.29. The molecule has 0 heterocycles. The number of carbonyl (C=O) groups is 2. The van der Waals surface area contributed by atoms with Crippen molar-refractivity contribution in [1.29, 1.82) is 0 Å². The number of hydrogen-bond acceptors (Lipinski definition) is 2. The monoisotopic (exact) mass is 542 g/mol. The Hall–Kier alpha value is -3.40. The molecule has 0 bridgehead atoms. The number of carboxylic acids is 2. The van der Waals surface area contributed by atoms with Gasteiger partial charge >= 0.3 is 11.9 Å². The lowest BCUT2D eigenvalue weighted by Crippen LogP contribution is -2.46. The minimum absolute atomic E-state index is 0.108. The third kappa shape index (κ3) is 5.73. The molecule has 0 saturated carbocycles. The van der Waals surface area contributed by atoms with Crippen LogP contribution in [-0.4, -0.2) is 22.2 Å². The molecule has 0 aliphatic heterocycles. The van der Waals surface area contributed by atoms with E-state index in [2.05, 4.69) is 90.1 Å². The largest absolute Gasteiger partial charge is 0.481 e. The zero-order valence-electron chi connectivity index (χ0n) is 25.0. The number of rotatable bonds is 14. The van der Waals surface area contributed by atoms with Crippen LogP contribution in [0, 0.1) is 0 Å². The standard InChI is InChI=1S/C36H46O4/c1-7-35(25-23-31(37)38,29-15-11-9-12-16-29)33(3,4)27-19-21-28(22-20-27)34(5,6)36(8-2,26-24-32(39)40)30-17-13-10-14-18-30/h9-22H,7-8,23-26H2,1-6H3,(H,37,38)(H,39,40). The molecule has 2 unspecified atom stereocenters. The third-order valence-electron chi connectivity index (χ3n) is 10.1. The van der Waals surface area contributed by atoms with Crippen molar-refractivity contribution in [3.8, 4) is 0 Å². The highest BCUT2D eigenvalue weighted by atomic mass is 16.4. The average molecular weight is 543 g/mol. The van der Waals surface area contributed by atoms with Crippen LogP contribution in [0.2, 0.25) is 0 Å². The van der Waals surface area contributed by atoms with E-state index in [1.54, 1.807) is 0 Å². The van der Waals surface area contributed by atoms with Gasteiger partial charge in [0.1, 0.15) is 0 Å². The van der Waals surface area contributed by atoms with Crippen LogP contribution in [0.1, 0.15) is 102 Å². The van der Waals surface area contributed by atoms with E-state index >= 15 is 0 Å². The van der Waals surface area contributed by atoms with Crippen molar-refractivity contribution in [2.75, 3.05) is 0 Å². The molecule has 3 aromatic rings. The van der Waals surface area contributed by atoms with Crippen molar-refractivity contribution in [2.24, 2.45) is 0 Å². The highest BCUT2D eigenvalue weighted by Crippen LogP contribution is 2.52. The first kappa shape index (κ1) is 31.1. The summed E-state index contributed by atoms with van der Waals surface area (Å²) < 4.78 is 0. The maximum absolute atomic E-state index is 11.7. The van der Waals surface area contributed by atoms with Gasteiger partial charge in [0.2, 0.25) is 0 Å². The normalized spacial score (nSPS) is 15.2. The van der Waals surface area contributed by atoms with Gasteiger partial charge in [-0.1, -0.05) is 126 Å². The minimum Gasteiger partial charge on any atom is -0.481 e. The molecule has 3 rings (SSSR count). The van der Waals surface area contributed by atoms with Gasteiger partial charge in [-0.2, -0.15) is 0 Å². The molecule has 0 aromatic heterocycles. The predicted octanol–water partition coefficient (Wildman–Crippen LogP) is 8.67. The van der Waals surface area contributed by atoms with Crippen molar-refractivity contribution in [3.63, 3.8) is 0 Å². The van der Waals surface area contributed by atoms with Crippen LogP contribution in [-0.2, 0) is 31.2 Å². The highest BCUT2D eigenvalue weighted by Gasteiger charge is 2.48. The first-order chi connectivity index (χ1) is 18.9. The molecule has 40 heavy (non-hydrogen) atoms. The van der Waals surface area contributed by atoms with Gasteiger partial charge in [0.25, 0.3) is 0 Å². The Kier molecular flexibility index (Phi) is 9.66. The topological polar surface area (TPSA) is 74.6 Å². The van der Waals surface area contributed by atoms with E-state index in [1.165, 1.54) is 0 Å². The van der Waals surface area contributed by atoms with Crippen LogP contribution in [0.3, 0.4) is 0 Å². The van der Waals surface area contributed by atoms with E-state index in [9.17, 15) is 19.8 Å². The van der Waals surface area contributed by atoms with Gasteiger partial charge in [0, 0.05) is 23.7 Å². The van der Waals surface area contributed by atoms with Gasteiger partial charge in [-0.15, -0.1) is 0 Å². The second kappa shape index (κ2) is 12.4. The minimum atomic E-state index is -0.778. The Morgan fingerprint density at radius 1 is 0.525 bits per heavy atom. The molecule has 0 aliphatic rings. The summed E-state index contributed by atoms with van der Waals surface area (Å²) in [6.45, 7) is 13.3. The molecule has 0 radical (unpaired) electrons. The van der Waals surface area contributed by atoms with Crippen molar-refractivity contribution in [2.45, 2.75) is 102 Å².